The number of hydrogen-bond donors (Lipinski definition) is 0. The van der Waals surface area contributed by atoms with Crippen molar-refractivity contribution < 1.29 is 14.3 Å². The van der Waals surface area contributed by atoms with Gasteiger partial charge in [0.1, 0.15) is 18.1 Å². The molecule has 3 aromatic carbocycles. The number of fused-ring (bicyclic) bond motifs is 1. The Kier molecular flexibility index (Phi) is 7.51. The van der Waals surface area contributed by atoms with E-state index in [1.807, 2.05) is 71.0 Å². The number of methoxy groups -OCH3 is 2. The summed E-state index contributed by atoms with van der Waals surface area (Å²) in [5.74, 6) is 1.53. The summed E-state index contributed by atoms with van der Waals surface area (Å²) < 4.78 is 12.8. The van der Waals surface area contributed by atoms with Gasteiger partial charge in [0, 0.05) is 12.7 Å². The van der Waals surface area contributed by atoms with Crippen LogP contribution in [0.2, 0.25) is 0 Å². The first kappa shape index (κ1) is 24.5. The number of anilines is 1. The van der Waals surface area contributed by atoms with Gasteiger partial charge in [-0.15, -0.1) is 0 Å². The van der Waals surface area contributed by atoms with E-state index in [9.17, 15) is 4.79 Å². The second kappa shape index (κ2) is 10.7. The van der Waals surface area contributed by atoms with Crippen LogP contribution in [0.3, 0.4) is 0 Å². The Morgan fingerprint density at radius 3 is 2.46 bits per heavy atom. The number of aromatic nitrogens is 2. The number of hydrogen-bond acceptors (Lipinski definition) is 4. The molecular formula is C29H33N3O3. The topological polar surface area (TPSA) is 56.6 Å². The first-order chi connectivity index (χ1) is 17.0. The molecule has 1 amide bonds. The number of nitrogens with zero attached hydrogens (tertiary/aromatic N) is 3. The van der Waals surface area contributed by atoms with Crippen molar-refractivity contribution in [2.75, 3.05) is 25.7 Å². The molecule has 0 fully saturated rings. The Labute approximate surface area is 207 Å². The Morgan fingerprint density at radius 1 is 1.03 bits per heavy atom. The van der Waals surface area contributed by atoms with Gasteiger partial charge in [0.05, 0.1) is 36.5 Å². The summed E-state index contributed by atoms with van der Waals surface area (Å²) in [4.78, 5) is 20.9. The zero-order chi connectivity index (χ0) is 24.9. The van der Waals surface area contributed by atoms with Crippen LogP contribution in [0.5, 0.6) is 5.75 Å². The minimum absolute atomic E-state index is 0.00327. The molecule has 0 aliphatic rings. The van der Waals surface area contributed by atoms with Crippen molar-refractivity contribution in [1.29, 1.82) is 0 Å². The van der Waals surface area contributed by atoms with Crippen LogP contribution < -0.4 is 9.64 Å². The lowest BCUT2D eigenvalue weighted by Gasteiger charge is -2.32. The van der Waals surface area contributed by atoms with Crippen molar-refractivity contribution in [3.8, 4) is 17.1 Å². The minimum Gasteiger partial charge on any atom is -0.497 e. The van der Waals surface area contributed by atoms with E-state index < -0.39 is 0 Å². The van der Waals surface area contributed by atoms with Gasteiger partial charge in [-0.2, -0.15) is 0 Å². The lowest BCUT2D eigenvalue weighted by Crippen LogP contribution is -2.44. The van der Waals surface area contributed by atoms with Gasteiger partial charge >= 0.3 is 0 Å². The van der Waals surface area contributed by atoms with Crippen molar-refractivity contribution in [3.63, 3.8) is 0 Å². The number of ether oxygens (including phenoxy) is 2. The summed E-state index contributed by atoms with van der Waals surface area (Å²) in [7, 11) is 3.32. The van der Waals surface area contributed by atoms with Gasteiger partial charge < -0.3 is 18.9 Å². The maximum atomic E-state index is 14.1. The molecule has 1 atom stereocenters. The number of benzene rings is 3. The summed E-state index contributed by atoms with van der Waals surface area (Å²) >= 11 is 0. The highest BCUT2D eigenvalue weighted by Crippen LogP contribution is 2.30. The summed E-state index contributed by atoms with van der Waals surface area (Å²) in [6, 6.07) is 21.8. The summed E-state index contributed by atoms with van der Waals surface area (Å²) in [6.45, 7) is 6.81. The number of aryl methyl sites for hydroxylation is 2. The molecule has 4 rings (SSSR count). The maximum absolute atomic E-state index is 14.1. The minimum atomic E-state index is -0.127. The third kappa shape index (κ3) is 4.93. The zero-order valence-electron chi connectivity index (χ0n) is 21.1. The van der Waals surface area contributed by atoms with Crippen LogP contribution in [0.25, 0.3) is 22.4 Å². The second-order valence-electron chi connectivity index (χ2n) is 8.74. The van der Waals surface area contributed by atoms with E-state index in [1.165, 1.54) is 0 Å². The second-order valence-corrected chi connectivity index (χ2v) is 8.74. The number of imidazole rings is 1. The van der Waals surface area contributed by atoms with Crippen molar-refractivity contribution in [1.82, 2.24) is 9.55 Å². The van der Waals surface area contributed by atoms with E-state index in [0.717, 1.165) is 51.4 Å². The molecule has 1 heterocycles. The first-order valence-corrected chi connectivity index (χ1v) is 12.0. The van der Waals surface area contributed by atoms with E-state index in [1.54, 1.807) is 14.2 Å². The highest BCUT2D eigenvalue weighted by molar-refractivity contribution is 5.97. The van der Waals surface area contributed by atoms with Crippen LogP contribution in [-0.4, -0.2) is 42.3 Å². The molecule has 0 saturated heterocycles. The number of carbonyl (C=O) groups is 1. The quantitative estimate of drug-likeness (QED) is 0.316. The van der Waals surface area contributed by atoms with Crippen molar-refractivity contribution >= 4 is 22.6 Å². The van der Waals surface area contributed by atoms with E-state index in [0.29, 0.717) is 6.61 Å². The summed E-state index contributed by atoms with van der Waals surface area (Å²) in [6.07, 6.45) is 0.839. The van der Waals surface area contributed by atoms with E-state index in [2.05, 4.69) is 26.0 Å². The van der Waals surface area contributed by atoms with E-state index in [4.69, 9.17) is 14.5 Å². The monoisotopic (exact) mass is 471 g/mol. The van der Waals surface area contributed by atoms with Crippen LogP contribution in [0.15, 0.2) is 66.7 Å². The first-order valence-electron chi connectivity index (χ1n) is 12.0. The number of carbonyl (C=O) groups excluding carboxylic acids is 1. The molecule has 1 aromatic heterocycles. The Balaban J connectivity index is 1.81. The number of amides is 1. The van der Waals surface area contributed by atoms with Gasteiger partial charge in [-0.3, -0.25) is 4.79 Å². The molecule has 6 nitrogen and oxygen atoms in total. The molecule has 0 N–H and O–H groups in total. The average Bonchev–Trinajstić information content (AvgIpc) is 3.23. The molecule has 182 valence electrons. The normalized spacial score (nSPS) is 12.0. The predicted molar refractivity (Wildman–Crippen MR) is 141 cm³/mol. The SMILES string of the molecule is CCc1cccc(C)c1N(C(=O)Cn1c(-c2ccc(OC)cc2)nc2ccccc21)C(C)COC. The Hall–Kier alpha value is -3.64. The molecular weight excluding hydrogens is 438 g/mol. The molecule has 6 heteroatoms. The Bertz CT molecular complexity index is 1310. The largest absolute Gasteiger partial charge is 0.497 e. The van der Waals surface area contributed by atoms with Gasteiger partial charge in [-0.1, -0.05) is 37.3 Å². The van der Waals surface area contributed by atoms with Gasteiger partial charge in [0.15, 0.2) is 0 Å². The zero-order valence-corrected chi connectivity index (χ0v) is 21.1. The molecule has 0 aliphatic heterocycles. The fourth-order valence-electron chi connectivity index (χ4n) is 4.66. The van der Waals surface area contributed by atoms with Gasteiger partial charge in [0.25, 0.3) is 0 Å². The smallest absolute Gasteiger partial charge is 0.247 e. The standard InChI is InChI=1S/C29H33N3O3/c1-6-22-11-9-10-20(2)28(22)32(21(3)19-34-4)27(33)18-31-26-13-8-7-12-25(26)30-29(31)23-14-16-24(35-5)17-15-23/h7-17,21H,6,18-19H2,1-5H3. The van der Waals surface area contributed by atoms with Crippen LogP contribution in [-0.2, 0) is 22.5 Å². The maximum Gasteiger partial charge on any atom is 0.247 e. The molecule has 0 saturated carbocycles. The molecule has 35 heavy (non-hydrogen) atoms. The molecule has 1 unspecified atom stereocenters. The van der Waals surface area contributed by atoms with Crippen LogP contribution in [0.1, 0.15) is 25.0 Å². The average molecular weight is 472 g/mol. The fraction of sp³-hybridized carbons (Fsp3) is 0.310. The van der Waals surface area contributed by atoms with Gasteiger partial charge in [0.2, 0.25) is 5.91 Å². The molecule has 4 aromatic rings. The third-order valence-corrected chi connectivity index (χ3v) is 6.36. The predicted octanol–water partition coefficient (Wildman–Crippen LogP) is 5.65. The lowest BCUT2D eigenvalue weighted by molar-refractivity contribution is -0.119. The van der Waals surface area contributed by atoms with Crippen molar-refractivity contribution in [2.45, 2.75) is 39.8 Å². The number of para-hydroxylation sites is 3. The Morgan fingerprint density at radius 2 is 1.77 bits per heavy atom. The van der Waals surface area contributed by atoms with Gasteiger partial charge in [-0.05, 0) is 67.8 Å². The fourth-order valence-corrected chi connectivity index (χ4v) is 4.66. The van der Waals surface area contributed by atoms with Crippen LogP contribution >= 0.6 is 0 Å². The highest BCUT2D eigenvalue weighted by Gasteiger charge is 2.27. The summed E-state index contributed by atoms with van der Waals surface area (Å²) in [5.41, 5.74) is 5.90. The van der Waals surface area contributed by atoms with Crippen molar-refractivity contribution in [2.24, 2.45) is 0 Å². The molecule has 0 radical (unpaired) electrons. The van der Waals surface area contributed by atoms with Gasteiger partial charge in [-0.25, -0.2) is 4.98 Å². The lowest BCUT2D eigenvalue weighted by atomic mass is 10.0. The highest BCUT2D eigenvalue weighted by atomic mass is 16.5. The third-order valence-electron chi connectivity index (χ3n) is 6.36. The van der Waals surface area contributed by atoms with E-state index >= 15 is 0 Å². The molecule has 0 spiro atoms. The molecule has 0 bridgehead atoms. The van der Waals surface area contributed by atoms with Crippen LogP contribution in [0.4, 0.5) is 5.69 Å². The number of rotatable bonds is 9. The van der Waals surface area contributed by atoms with E-state index in [-0.39, 0.29) is 18.5 Å². The molecule has 0 aliphatic carbocycles. The van der Waals surface area contributed by atoms with Crippen LogP contribution in [0, 0.1) is 6.92 Å². The summed E-state index contributed by atoms with van der Waals surface area (Å²) in [5, 5.41) is 0. The van der Waals surface area contributed by atoms with Crippen molar-refractivity contribution in [3.05, 3.63) is 77.9 Å².